The minimum absolute atomic E-state index is 0.0809. The fourth-order valence-corrected chi connectivity index (χ4v) is 3.97. The van der Waals surface area contributed by atoms with Gasteiger partial charge in [0.2, 0.25) is 5.91 Å². The third-order valence-electron chi connectivity index (χ3n) is 4.15. The number of amides is 1. The molecule has 0 aliphatic heterocycles. The van der Waals surface area contributed by atoms with Crippen molar-refractivity contribution in [1.82, 2.24) is 5.32 Å². The van der Waals surface area contributed by atoms with Crippen LogP contribution in [0.25, 0.3) is 0 Å². The van der Waals surface area contributed by atoms with E-state index in [1.807, 2.05) is 30.3 Å². The number of carbonyl (C=O) groups is 1. The average Bonchev–Trinajstić information content (AvgIpc) is 2.33. The van der Waals surface area contributed by atoms with E-state index >= 15 is 0 Å². The first kappa shape index (κ1) is 15.9. The molecule has 2 N–H and O–H groups in total. The summed E-state index contributed by atoms with van der Waals surface area (Å²) in [6.45, 7) is 9.54. The molecule has 0 heterocycles. The maximum atomic E-state index is 12.1. The highest BCUT2D eigenvalue weighted by Crippen LogP contribution is 2.45. The number of benzene rings is 1. The highest BCUT2D eigenvalue weighted by Gasteiger charge is 2.38. The van der Waals surface area contributed by atoms with Gasteiger partial charge < -0.3 is 10.6 Å². The quantitative estimate of drug-likeness (QED) is 0.884. The van der Waals surface area contributed by atoms with E-state index in [0.29, 0.717) is 17.4 Å². The van der Waals surface area contributed by atoms with E-state index in [9.17, 15) is 4.79 Å². The Bertz CT molecular complexity index is 463. The second-order valence-corrected chi connectivity index (χ2v) is 7.90. The molecule has 21 heavy (non-hydrogen) atoms. The molecule has 116 valence electrons. The Morgan fingerprint density at radius 2 is 1.67 bits per heavy atom. The molecule has 2 rings (SSSR count). The Morgan fingerprint density at radius 1 is 1.10 bits per heavy atom. The first-order valence-corrected chi connectivity index (χ1v) is 7.84. The van der Waals surface area contributed by atoms with Crippen molar-refractivity contribution in [3.8, 4) is 0 Å². The maximum Gasteiger partial charge on any atom is 0.239 e. The lowest BCUT2D eigenvalue weighted by atomic mass is 9.63. The fourth-order valence-electron chi connectivity index (χ4n) is 3.97. The lowest BCUT2D eigenvalue weighted by Crippen LogP contribution is -2.47. The first-order valence-electron chi connectivity index (χ1n) is 7.84. The molecule has 0 radical (unpaired) electrons. The summed E-state index contributed by atoms with van der Waals surface area (Å²) in [4.78, 5) is 12.1. The molecule has 0 saturated heterocycles. The van der Waals surface area contributed by atoms with E-state index < -0.39 is 0 Å². The van der Waals surface area contributed by atoms with E-state index in [1.54, 1.807) is 0 Å². The molecule has 0 spiro atoms. The molecule has 1 saturated carbocycles. The van der Waals surface area contributed by atoms with Crippen LogP contribution in [0, 0.1) is 10.8 Å². The third kappa shape index (κ3) is 5.07. The van der Waals surface area contributed by atoms with Crippen molar-refractivity contribution in [2.24, 2.45) is 10.8 Å². The Morgan fingerprint density at radius 3 is 2.24 bits per heavy atom. The molecule has 1 aromatic rings. The van der Waals surface area contributed by atoms with E-state index in [4.69, 9.17) is 0 Å². The summed E-state index contributed by atoms with van der Waals surface area (Å²) in [5, 5.41) is 6.36. The van der Waals surface area contributed by atoms with Crippen molar-refractivity contribution in [3.05, 3.63) is 30.3 Å². The summed E-state index contributed by atoms with van der Waals surface area (Å²) in [7, 11) is 0. The second kappa shape index (κ2) is 6.08. The van der Waals surface area contributed by atoms with Crippen LogP contribution in [0.2, 0.25) is 0 Å². The summed E-state index contributed by atoms with van der Waals surface area (Å²) in [6.07, 6.45) is 3.34. The van der Waals surface area contributed by atoms with Crippen LogP contribution < -0.4 is 10.6 Å². The Hall–Kier alpha value is -1.51. The number of nitrogens with one attached hydrogen (secondary N) is 2. The minimum Gasteiger partial charge on any atom is -0.376 e. The molecule has 1 aliphatic carbocycles. The van der Waals surface area contributed by atoms with Crippen LogP contribution in [-0.4, -0.2) is 18.5 Å². The van der Waals surface area contributed by atoms with Gasteiger partial charge in [-0.1, -0.05) is 45.9 Å². The highest BCUT2D eigenvalue weighted by molar-refractivity contribution is 5.80. The Balaban J connectivity index is 1.85. The summed E-state index contributed by atoms with van der Waals surface area (Å²) >= 11 is 0. The summed E-state index contributed by atoms with van der Waals surface area (Å²) in [6, 6.07) is 10.1. The van der Waals surface area contributed by atoms with Gasteiger partial charge in [-0.25, -0.2) is 0 Å². The maximum absolute atomic E-state index is 12.1. The van der Waals surface area contributed by atoms with Gasteiger partial charge in [-0.3, -0.25) is 4.79 Å². The van der Waals surface area contributed by atoms with Gasteiger partial charge in [0.15, 0.2) is 0 Å². The van der Waals surface area contributed by atoms with E-state index in [-0.39, 0.29) is 11.9 Å². The van der Waals surface area contributed by atoms with Crippen molar-refractivity contribution >= 4 is 11.6 Å². The molecule has 3 nitrogen and oxygen atoms in total. The van der Waals surface area contributed by atoms with Crippen LogP contribution in [0.3, 0.4) is 0 Å². The number of hydrogen-bond donors (Lipinski definition) is 2. The molecule has 0 aromatic heterocycles. The Kier molecular flexibility index (Phi) is 4.60. The van der Waals surface area contributed by atoms with Crippen molar-refractivity contribution in [2.75, 3.05) is 11.9 Å². The van der Waals surface area contributed by atoms with Crippen molar-refractivity contribution in [2.45, 2.75) is 53.0 Å². The first-order chi connectivity index (χ1) is 9.76. The molecule has 0 atom stereocenters. The monoisotopic (exact) mass is 288 g/mol. The van der Waals surface area contributed by atoms with Gasteiger partial charge in [0.1, 0.15) is 0 Å². The lowest BCUT2D eigenvalue weighted by molar-refractivity contribution is -0.120. The normalized spacial score (nSPS) is 20.8. The van der Waals surface area contributed by atoms with Crippen LogP contribution >= 0.6 is 0 Å². The third-order valence-corrected chi connectivity index (χ3v) is 4.15. The molecule has 0 bridgehead atoms. The molecule has 3 heteroatoms. The minimum atomic E-state index is 0.0809. The molecular weight excluding hydrogens is 260 g/mol. The van der Waals surface area contributed by atoms with Crippen LogP contribution in [0.4, 0.5) is 5.69 Å². The predicted molar refractivity (Wildman–Crippen MR) is 88.3 cm³/mol. The lowest BCUT2D eigenvalue weighted by Gasteiger charge is -2.45. The molecule has 1 aliphatic rings. The van der Waals surface area contributed by atoms with Crippen LogP contribution in [0.1, 0.15) is 47.0 Å². The van der Waals surface area contributed by atoms with Gasteiger partial charge in [0.05, 0.1) is 6.54 Å². The van der Waals surface area contributed by atoms with Gasteiger partial charge >= 0.3 is 0 Å². The molecule has 1 fully saturated rings. The van der Waals surface area contributed by atoms with Crippen LogP contribution in [0.15, 0.2) is 30.3 Å². The van der Waals surface area contributed by atoms with Crippen molar-refractivity contribution < 1.29 is 4.79 Å². The van der Waals surface area contributed by atoms with Gasteiger partial charge in [0.25, 0.3) is 0 Å². The van der Waals surface area contributed by atoms with Gasteiger partial charge in [0, 0.05) is 11.7 Å². The van der Waals surface area contributed by atoms with Gasteiger partial charge in [-0.15, -0.1) is 0 Å². The number of hydrogen-bond acceptors (Lipinski definition) is 2. The van der Waals surface area contributed by atoms with E-state index in [2.05, 4.69) is 38.3 Å². The standard InChI is InChI=1S/C18H28N2O/c1-17(2)10-15(11-18(3,4)13-17)20-16(21)12-19-14-8-6-5-7-9-14/h5-9,15,19H,10-13H2,1-4H3,(H,20,21). The van der Waals surface area contributed by atoms with Gasteiger partial charge in [-0.05, 0) is 42.2 Å². The summed E-state index contributed by atoms with van der Waals surface area (Å²) in [5.41, 5.74) is 1.58. The fraction of sp³-hybridized carbons (Fsp3) is 0.611. The largest absolute Gasteiger partial charge is 0.376 e. The van der Waals surface area contributed by atoms with E-state index in [1.165, 1.54) is 6.42 Å². The zero-order valence-corrected chi connectivity index (χ0v) is 13.7. The molecule has 1 amide bonds. The molecular formula is C18H28N2O. The zero-order chi connectivity index (χ0) is 15.5. The predicted octanol–water partition coefficient (Wildman–Crippen LogP) is 3.82. The zero-order valence-electron chi connectivity index (χ0n) is 13.7. The SMILES string of the molecule is CC1(C)CC(NC(=O)CNc2ccccc2)CC(C)(C)C1. The van der Waals surface area contributed by atoms with E-state index in [0.717, 1.165) is 18.5 Å². The highest BCUT2D eigenvalue weighted by atomic mass is 16.1. The molecule has 1 aromatic carbocycles. The number of carbonyl (C=O) groups excluding carboxylic acids is 1. The van der Waals surface area contributed by atoms with Crippen molar-refractivity contribution in [3.63, 3.8) is 0 Å². The Labute approximate surface area is 128 Å². The van der Waals surface area contributed by atoms with Crippen LogP contribution in [-0.2, 0) is 4.79 Å². The number of anilines is 1. The summed E-state index contributed by atoms with van der Waals surface area (Å²) in [5.74, 6) is 0.0809. The topological polar surface area (TPSA) is 41.1 Å². The van der Waals surface area contributed by atoms with Gasteiger partial charge in [-0.2, -0.15) is 0 Å². The van der Waals surface area contributed by atoms with Crippen LogP contribution in [0.5, 0.6) is 0 Å². The number of rotatable bonds is 4. The average molecular weight is 288 g/mol. The second-order valence-electron chi connectivity index (χ2n) is 7.90. The van der Waals surface area contributed by atoms with Crippen molar-refractivity contribution in [1.29, 1.82) is 0 Å². The molecule has 0 unspecified atom stereocenters. The smallest absolute Gasteiger partial charge is 0.239 e. The number of para-hydroxylation sites is 1. The summed E-state index contributed by atoms with van der Waals surface area (Å²) < 4.78 is 0.